The Labute approximate surface area is 132 Å². The van der Waals surface area contributed by atoms with Crippen LogP contribution in [0.3, 0.4) is 0 Å². The zero-order valence-corrected chi connectivity index (χ0v) is 13.7. The lowest BCUT2D eigenvalue weighted by Crippen LogP contribution is -2.50. The molecule has 1 saturated heterocycles. The molecular weight excluding hydrogens is 280 g/mol. The minimum Gasteiger partial charge on any atom is -0.384 e. The van der Waals surface area contributed by atoms with E-state index >= 15 is 0 Å². The summed E-state index contributed by atoms with van der Waals surface area (Å²) in [6, 6.07) is 0. The van der Waals surface area contributed by atoms with Gasteiger partial charge >= 0.3 is 0 Å². The van der Waals surface area contributed by atoms with E-state index in [0.717, 1.165) is 57.7 Å². The van der Waals surface area contributed by atoms with E-state index in [-0.39, 0.29) is 11.3 Å². The van der Waals surface area contributed by atoms with Gasteiger partial charge < -0.3 is 19.9 Å². The first-order valence-corrected chi connectivity index (χ1v) is 8.14. The van der Waals surface area contributed by atoms with Crippen molar-refractivity contribution in [3.8, 4) is 0 Å². The van der Waals surface area contributed by atoms with Crippen molar-refractivity contribution in [3.05, 3.63) is 18.2 Å². The predicted octanol–water partition coefficient (Wildman–Crippen LogP) is 1.10. The molecule has 2 rings (SSSR count). The van der Waals surface area contributed by atoms with Crippen LogP contribution in [0.25, 0.3) is 0 Å². The predicted molar refractivity (Wildman–Crippen MR) is 85.6 cm³/mol. The summed E-state index contributed by atoms with van der Waals surface area (Å²) in [5.74, 6) is 1.19. The maximum Gasteiger partial charge on any atom is 0.228 e. The number of unbranched alkanes of at least 4 members (excludes halogenated alkanes) is 1. The number of piperidine rings is 1. The molecule has 0 radical (unpaired) electrons. The molecule has 1 aromatic heterocycles. The van der Waals surface area contributed by atoms with Crippen LogP contribution in [-0.4, -0.2) is 48.8 Å². The van der Waals surface area contributed by atoms with Crippen LogP contribution in [0.4, 0.5) is 0 Å². The van der Waals surface area contributed by atoms with Gasteiger partial charge in [0.15, 0.2) is 0 Å². The number of carbonyl (C=O) groups is 1. The second kappa shape index (κ2) is 8.29. The molecule has 1 aromatic rings. The van der Waals surface area contributed by atoms with Crippen molar-refractivity contribution >= 4 is 5.91 Å². The molecule has 1 amide bonds. The highest BCUT2D eigenvalue weighted by Gasteiger charge is 2.39. The van der Waals surface area contributed by atoms with E-state index in [1.807, 2.05) is 19.3 Å². The fourth-order valence-corrected chi connectivity index (χ4v) is 3.06. The van der Waals surface area contributed by atoms with Crippen LogP contribution in [-0.2, 0) is 16.1 Å². The van der Waals surface area contributed by atoms with Crippen LogP contribution >= 0.6 is 0 Å². The molecule has 0 bridgehead atoms. The number of aromatic nitrogens is 2. The Morgan fingerprint density at radius 1 is 1.45 bits per heavy atom. The maximum absolute atomic E-state index is 12.5. The Morgan fingerprint density at radius 3 is 2.86 bits per heavy atom. The van der Waals surface area contributed by atoms with Crippen LogP contribution < -0.4 is 10.6 Å². The maximum atomic E-state index is 12.5. The lowest BCUT2D eigenvalue weighted by atomic mass is 9.78. The molecular formula is C16H28N4O2. The topological polar surface area (TPSA) is 68.2 Å². The van der Waals surface area contributed by atoms with Crippen LogP contribution in [0, 0.1) is 12.3 Å². The normalized spacial score (nSPS) is 17.4. The summed E-state index contributed by atoms with van der Waals surface area (Å²) in [6.45, 7) is 5.97. The smallest absolute Gasteiger partial charge is 0.228 e. The number of carbonyl (C=O) groups excluding carboxylic acids is 1. The van der Waals surface area contributed by atoms with Crippen LogP contribution in [0.1, 0.15) is 31.5 Å². The summed E-state index contributed by atoms with van der Waals surface area (Å²) >= 11 is 0. The van der Waals surface area contributed by atoms with Gasteiger partial charge in [0.25, 0.3) is 0 Å². The highest BCUT2D eigenvalue weighted by molar-refractivity contribution is 5.82. The molecule has 0 spiro atoms. The second-order valence-corrected chi connectivity index (χ2v) is 6.09. The SMILES string of the molecule is COCC1(C(=O)NCCCCn2ccnc2C)CCNCC1. The summed E-state index contributed by atoms with van der Waals surface area (Å²) in [4.78, 5) is 16.7. The number of rotatable bonds is 8. The van der Waals surface area contributed by atoms with Gasteiger partial charge in [0.2, 0.25) is 5.91 Å². The molecule has 6 nitrogen and oxygen atoms in total. The highest BCUT2D eigenvalue weighted by atomic mass is 16.5. The van der Waals surface area contributed by atoms with Crippen LogP contribution in [0.5, 0.6) is 0 Å². The number of methoxy groups -OCH3 is 1. The molecule has 124 valence electrons. The molecule has 0 unspecified atom stereocenters. The Balaban J connectivity index is 1.70. The van der Waals surface area contributed by atoms with Gasteiger partial charge in [0, 0.05) is 32.6 Å². The number of ether oxygens (including phenoxy) is 1. The van der Waals surface area contributed by atoms with Crippen molar-refractivity contribution in [2.45, 2.75) is 39.2 Å². The molecule has 6 heteroatoms. The summed E-state index contributed by atoms with van der Waals surface area (Å²) in [7, 11) is 1.67. The van der Waals surface area contributed by atoms with E-state index in [1.54, 1.807) is 7.11 Å². The Hall–Kier alpha value is -1.40. The first-order chi connectivity index (χ1) is 10.7. The number of hydrogen-bond acceptors (Lipinski definition) is 4. The third-order valence-electron chi connectivity index (χ3n) is 4.50. The lowest BCUT2D eigenvalue weighted by molar-refractivity contribution is -0.136. The van der Waals surface area contributed by atoms with Crippen LogP contribution in [0.2, 0.25) is 0 Å². The van der Waals surface area contributed by atoms with E-state index in [1.165, 1.54) is 0 Å². The van der Waals surface area contributed by atoms with Crippen molar-refractivity contribution < 1.29 is 9.53 Å². The molecule has 0 saturated carbocycles. The van der Waals surface area contributed by atoms with Gasteiger partial charge in [0.05, 0.1) is 12.0 Å². The molecule has 1 fully saturated rings. The Bertz CT molecular complexity index is 461. The monoisotopic (exact) mass is 308 g/mol. The van der Waals surface area contributed by atoms with Crippen molar-refractivity contribution in [1.82, 2.24) is 20.2 Å². The number of nitrogens with one attached hydrogen (secondary N) is 2. The quantitative estimate of drug-likeness (QED) is 0.706. The molecule has 0 atom stereocenters. The third kappa shape index (κ3) is 4.30. The number of hydrogen-bond donors (Lipinski definition) is 2. The zero-order valence-electron chi connectivity index (χ0n) is 13.7. The second-order valence-electron chi connectivity index (χ2n) is 6.09. The van der Waals surface area contributed by atoms with E-state index < -0.39 is 0 Å². The fraction of sp³-hybridized carbons (Fsp3) is 0.750. The standard InChI is InChI=1S/C16H28N4O2/c1-14-18-10-12-20(14)11-4-3-7-19-15(21)16(13-22-2)5-8-17-9-6-16/h10,12,17H,3-9,11,13H2,1-2H3,(H,19,21). The highest BCUT2D eigenvalue weighted by Crippen LogP contribution is 2.29. The molecule has 0 aromatic carbocycles. The van der Waals surface area contributed by atoms with Crippen molar-refractivity contribution in [2.75, 3.05) is 33.4 Å². The first-order valence-electron chi connectivity index (χ1n) is 8.14. The van der Waals surface area contributed by atoms with Crippen molar-refractivity contribution in [2.24, 2.45) is 5.41 Å². The molecule has 0 aliphatic carbocycles. The zero-order chi connectivity index (χ0) is 15.8. The largest absolute Gasteiger partial charge is 0.384 e. The van der Waals surface area contributed by atoms with E-state index in [2.05, 4.69) is 20.2 Å². The number of aryl methyl sites for hydroxylation is 2. The van der Waals surface area contributed by atoms with Crippen molar-refractivity contribution in [3.63, 3.8) is 0 Å². The van der Waals surface area contributed by atoms with Gasteiger partial charge in [-0.1, -0.05) is 0 Å². The van der Waals surface area contributed by atoms with E-state index in [9.17, 15) is 4.79 Å². The van der Waals surface area contributed by atoms with Crippen molar-refractivity contribution in [1.29, 1.82) is 0 Å². The lowest BCUT2D eigenvalue weighted by Gasteiger charge is -2.35. The van der Waals surface area contributed by atoms with Gasteiger partial charge in [0.1, 0.15) is 5.82 Å². The van der Waals surface area contributed by atoms with Gasteiger partial charge in [-0.05, 0) is 45.7 Å². The van der Waals surface area contributed by atoms with Gasteiger partial charge in [-0.25, -0.2) is 4.98 Å². The summed E-state index contributed by atoms with van der Waals surface area (Å²) in [6.07, 6.45) is 7.53. The molecule has 2 N–H and O–H groups in total. The minimum absolute atomic E-state index is 0.148. The average molecular weight is 308 g/mol. The first kappa shape index (κ1) is 17.0. The Morgan fingerprint density at radius 2 is 2.23 bits per heavy atom. The van der Waals surface area contributed by atoms with Gasteiger partial charge in [-0.15, -0.1) is 0 Å². The van der Waals surface area contributed by atoms with Gasteiger partial charge in [-0.3, -0.25) is 4.79 Å². The molecule has 22 heavy (non-hydrogen) atoms. The molecule has 1 aliphatic heterocycles. The van der Waals surface area contributed by atoms with E-state index in [0.29, 0.717) is 6.61 Å². The fourth-order valence-electron chi connectivity index (χ4n) is 3.06. The van der Waals surface area contributed by atoms with Crippen LogP contribution in [0.15, 0.2) is 12.4 Å². The molecule has 2 heterocycles. The minimum atomic E-state index is -0.346. The molecule has 1 aliphatic rings. The summed E-state index contributed by atoms with van der Waals surface area (Å²) < 4.78 is 7.44. The number of nitrogens with zero attached hydrogens (tertiary/aromatic N) is 2. The summed E-state index contributed by atoms with van der Waals surface area (Å²) in [5.41, 5.74) is -0.346. The Kier molecular flexibility index (Phi) is 6.39. The van der Waals surface area contributed by atoms with E-state index in [4.69, 9.17) is 4.74 Å². The van der Waals surface area contributed by atoms with Gasteiger partial charge in [-0.2, -0.15) is 0 Å². The average Bonchev–Trinajstić information content (AvgIpc) is 2.93. The third-order valence-corrected chi connectivity index (χ3v) is 4.50. The summed E-state index contributed by atoms with van der Waals surface area (Å²) in [5, 5.41) is 6.41. The number of imidazole rings is 1. The number of amides is 1.